The van der Waals surface area contributed by atoms with Crippen LogP contribution < -0.4 is 4.90 Å². The van der Waals surface area contributed by atoms with Crippen LogP contribution in [0, 0.1) is 0 Å². The monoisotopic (exact) mass is 332 g/mol. The quantitative estimate of drug-likeness (QED) is 0.913. The Bertz CT molecular complexity index is 537. The molecule has 0 unspecified atom stereocenters. The van der Waals surface area contributed by atoms with Crippen LogP contribution in [-0.2, 0) is 4.79 Å². The maximum absolute atomic E-state index is 12.5. The van der Waals surface area contributed by atoms with Gasteiger partial charge in [-0.1, -0.05) is 19.3 Å². The molecule has 1 saturated carbocycles. The fraction of sp³-hybridized carbons (Fsp3) is 0.722. The fourth-order valence-electron chi connectivity index (χ4n) is 3.95. The lowest BCUT2D eigenvalue weighted by Gasteiger charge is -2.39. The average Bonchev–Trinajstić information content (AvgIpc) is 2.62. The Kier molecular flexibility index (Phi) is 5.33. The second-order valence-corrected chi connectivity index (χ2v) is 7.27. The molecule has 2 aliphatic rings. The zero-order valence-electron chi connectivity index (χ0n) is 14.5. The number of carbonyl (C=O) groups excluding carboxylic acids is 1. The van der Waals surface area contributed by atoms with Crippen molar-refractivity contribution in [1.82, 2.24) is 15.1 Å². The van der Waals surface area contributed by atoms with Crippen LogP contribution >= 0.6 is 0 Å². The molecule has 0 aromatic carbocycles. The summed E-state index contributed by atoms with van der Waals surface area (Å²) in [5.74, 6) is 0.985. The van der Waals surface area contributed by atoms with Gasteiger partial charge < -0.3 is 14.9 Å². The number of hydrogen-bond donors (Lipinski definition) is 1. The minimum absolute atomic E-state index is 0.111. The molecule has 0 radical (unpaired) electrons. The van der Waals surface area contributed by atoms with E-state index in [0.29, 0.717) is 6.04 Å². The third kappa shape index (κ3) is 4.04. The Hall–Kier alpha value is -1.69. The number of rotatable bonds is 4. The van der Waals surface area contributed by atoms with E-state index in [1.54, 1.807) is 6.20 Å². The van der Waals surface area contributed by atoms with E-state index in [0.717, 1.165) is 57.4 Å². The van der Waals surface area contributed by atoms with Crippen LogP contribution in [0.15, 0.2) is 18.3 Å². The van der Waals surface area contributed by atoms with E-state index in [9.17, 15) is 9.90 Å². The molecule has 6 heteroatoms. The van der Waals surface area contributed by atoms with Gasteiger partial charge in [-0.2, -0.15) is 5.10 Å². The van der Waals surface area contributed by atoms with E-state index in [1.165, 1.54) is 6.42 Å². The molecule has 1 saturated heterocycles. The lowest BCUT2D eigenvalue weighted by Crippen LogP contribution is -2.48. The minimum Gasteiger partial charge on any atom is -0.389 e. The van der Waals surface area contributed by atoms with E-state index in [4.69, 9.17) is 0 Å². The summed E-state index contributed by atoms with van der Waals surface area (Å²) in [5, 5.41) is 18.7. The highest BCUT2D eigenvalue weighted by Crippen LogP contribution is 2.32. The Morgan fingerprint density at radius 2 is 2.04 bits per heavy atom. The van der Waals surface area contributed by atoms with Gasteiger partial charge in [0.1, 0.15) is 0 Å². The summed E-state index contributed by atoms with van der Waals surface area (Å²) in [4.78, 5) is 16.6. The van der Waals surface area contributed by atoms with Crippen LogP contribution in [0.2, 0.25) is 0 Å². The molecule has 132 valence electrons. The van der Waals surface area contributed by atoms with Crippen molar-refractivity contribution < 1.29 is 9.90 Å². The van der Waals surface area contributed by atoms with Crippen molar-refractivity contribution in [3.63, 3.8) is 0 Å². The van der Waals surface area contributed by atoms with Crippen molar-refractivity contribution in [2.45, 2.75) is 63.0 Å². The number of hydrogen-bond acceptors (Lipinski definition) is 5. The van der Waals surface area contributed by atoms with Crippen molar-refractivity contribution in [2.24, 2.45) is 0 Å². The normalized spacial score (nSPS) is 21.5. The third-order valence-corrected chi connectivity index (χ3v) is 5.55. The highest BCUT2D eigenvalue weighted by molar-refractivity contribution is 5.77. The Balaban J connectivity index is 1.50. The van der Waals surface area contributed by atoms with Crippen molar-refractivity contribution in [2.75, 3.05) is 25.0 Å². The first-order valence-corrected chi connectivity index (χ1v) is 9.08. The van der Waals surface area contributed by atoms with Gasteiger partial charge in [0.15, 0.2) is 5.82 Å². The number of anilines is 1. The topological polar surface area (TPSA) is 69.6 Å². The number of piperidine rings is 1. The summed E-state index contributed by atoms with van der Waals surface area (Å²) in [6.07, 6.45) is 8.61. The fourth-order valence-corrected chi connectivity index (χ4v) is 3.95. The highest BCUT2D eigenvalue weighted by Gasteiger charge is 2.34. The Labute approximate surface area is 143 Å². The molecule has 0 spiro atoms. The van der Waals surface area contributed by atoms with Gasteiger partial charge in [0.05, 0.1) is 12.0 Å². The summed E-state index contributed by atoms with van der Waals surface area (Å²) >= 11 is 0. The molecular weight excluding hydrogens is 304 g/mol. The first-order valence-electron chi connectivity index (χ1n) is 9.08. The molecular formula is C18H28N4O2. The average molecular weight is 332 g/mol. The van der Waals surface area contributed by atoms with Crippen molar-refractivity contribution >= 4 is 11.7 Å². The molecule has 2 fully saturated rings. The molecule has 1 aliphatic carbocycles. The maximum atomic E-state index is 12.5. The lowest BCUT2D eigenvalue weighted by atomic mass is 9.82. The number of aliphatic hydroxyl groups is 1. The number of amides is 1. The van der Waals surface area contributed by atoms with Gasteiger partial charge in [-0.25, -0.2) is 0 Å². The summed E-state index contributed by atoms with van der Waals surface area (Å²) in [6.45, 7) is 1.51. The molecule has 6 nitrogen and oxygen atoms in total. The molecule has 3 rings (SSSR count). The van der Waals surface area contributed by atoms with E-state index in [-0.39, 0.29) is 12.3 Å². The van der Waals surface area contributed by atoms with Crippen molar-refractivity contribution in [1.29, 1.82) is 0 Å². The van der Waals surface area contributed by atoms with Gasteiger partial charge in [-0.15, -0.1) is 5.10 Å². The predicted molar refractivity (Wildman–Crippen MR) is 92.7 cm³/mol. The largest absolute Gasteiger partial charge is 0.389 e. The molecule has 0 atom stereocenters. The van der Waals surface area contributed by atoms with E-state index >= 15 is 0 Å². The summed E-state index contributed by atoms with van der Waals surface area (Å²) in [6, 6.07) is 4.23. The summed E-state index contributed by atoms with van der Waals surface area (Å²) in [7, 11) is 2.04. The van der Waals surface area contributed by atoms with Crippen molar-refractivity contribution in [3.8, 4) is 0 Å². The zero-order valence-corrected chi connectivity index (χ0v) is 14.5. The number of carbonyl (C=O) groups is 1. The first-order chi connectivity index (χ1) is 11.6. The van der Waals surface area contributed by atoms with E-state index in [1.807, 2.05) is 24.1 Å². The van der Waals surface area contributed by atoms with Crippen LogP contribution in [0.1, 0.15) is 51.4 Å². The molecule has 24 heavy (non-hydrogen) atoms. The van der Waals surface area contributed by atoms with Gasteiger partial charge >= 0.3 is 0 Å². The smallest absolute Gasteiger partial charge is 0.225 e. The second-order valence-electron chi connectivity index (χ2n) is 7.27. The van der Waals surface area contributed by atoms with Gasteiger partial charge in [0, 0.05) is 32.4 Å². The molecule has 1 amide bonds. The lowest BCUT2D eigenvalue weighted by molar-refractivity contribution is -0.138. The van der Waals surface area contributed by atoms with Crippen molar-refractivity contribution in [3.05, 3.63) is 18.3 Å². The van der Waals surface area contributed by atoms with Crippen LogP contribution in [0.5, 0.6) is 0 Å². The highest BCUT2D eigenvalue weighted by atomic mass is 16.3. The maximum Gasteiger partial charge on any atom is 0.225 e. The summed E-state index contributed by atoms with van der Waals surface area (Å²) in [5.41, 5.74) is -0.761. The minimum atomic E-state index is -0.761. The summed E-state index contributed by atoms with van der Waals surface area (Å²) < 4.78 is 0. The standard InChI is InChI=1S/C18H28N4O2/c1-21(16-6-5-11-19-20-16)15-7-12-22(13-8-15)17(23)14-18(24)9-3-2-4-10-18/h5-6,11,15,24H,2-4,7-10,12-14H2,1H3. The van der Waals surface area contributed by atoms with Crippen LogP contribution in [0.4, 0.5) is 5.82 Å². The van der Waals surface area contributed by atoms with Crippen LogP contribution in [0.25, 0.3) is 0 Å². The molecule has 1 aromatic heterocycles. The third-order valence-electron chi connectivity index (χ3n) is 5.55. The number of nitrogens with zero attached hydrogens (tertiary/aromatic N) is 4. The molecule has 2 heterocycles. The Morgan fingerprint density at radius 3 is 2.67 bits per heavy atom. The van der Waals surface area contributed by atoms with Gasteiger partial charge in [0.2, 0.25) is 5.91 Å². The van der Waals surface area contributed by atoms with Gasteiger partial charge in [-0.05, 0) is 37.8 Å². The van der Waals surface area contributed by atoms with E-state index in [2.05, 4.69) is 15.1 Å². The SMILES string of the molecule is CN(c1cccnn1)C1CCN(C(=O)CC2(O)CCCCC2)CC1. The molecule has 1 N–H and O–H groups in total. The van der Waals surface area contributed by atoms with E-state index < -0.39 is 5.60 Å². The van der Waals surface area contributed by atoms with Gasteiger partial charge in [0.25, 0.3) is 0 Å². The molecule has 1 aliphatic heterocycles. The van der Waals surface area contributed by atoms with Gasteiger partial charge in [-0.3, -0.25) is 4.79 Å². The molecule has 0 bridgehead atoms. The number of likely N-dealkylation sites (tertiary alicyclic amines) is 1. The molecule has 1 aromatic rings. The number of aromatic nitrogens is 2. The first kappa shape index (κ1) is 17.1. The van der Waals surface area contributed by atoms with Crippen LogP contribution in [-0.4, -0.2) is 57.9 Å². The second kappa shape index (κ2) is 7.47. The predicted octanol–water partition coefficient (Wildman–Crippen LogP) is 1.99. The Morgan fingerprint density at radius 1 is 1.33 bits per heavy atom. The van der Waals surface area contributed by atoms with Crippen LogP contribution in [0.3, 0.4) is 0 Å². The zero-order chi connectivity index (χ0) is 17.0.